The van der Waals surface area contributed by atoms with Gasteiger partial charge in [0.15, 0.2) is 11.5 Å². The molecule has 1 fully saturated rings. The Balaban J connectivity index is 1.40. The number of aliphatic carboxylic acids is 2. The van der Waals surface area contributed by atoms with Gasteiger partial charge in [0.25, 0.3) is 5.92 Å². The molecular weight excluding hydrogens is 966 g/mol. The number of nitrogens with one attached hydrogen (secondary N) is 2. The number of carboxylic acid groups (broad SMARTS) is 2. The van der Waals surface area contributed by atoms with Crippen LogP contribution in [0, 0.1) is 24.5 Å². The van der Waals surface area contributed by atoms with Crippen LogP contribution in [0.2, 0.25) is 5.02 Å². The number of benzene rings is 2. The third-order valence-electron chi connectivity index (χ3n) is 10.7. The Morgan fingerprint density at radius 1 is 0.955 bits per heavy atom. The number of fused-ring (bicyclic) bond motifs is 4. The van der Waals surface area contributed by atoms with Gasteiger partial charge in [-0.15, -0.1) is 0 Å². The van der Waals surface area contributed by atoms with Crippen LogP contribution in [0.25, 0.3) is 22.0 Å². The number of urea groups is 1. The molecule has 16 nitrogen and oxygen atoms in total. The van der Waals surface area contributed by atoms with Crippen molar-refractivity contribution in [3.8, 4) is 11.1 Å². The lowest BCUT2D eigenvalue weighted by Crippen LogP contribution is -2.50. The van der Waals surface area contributed by atoms with Gasteiger partial charge in [-0.1, -0.05) is 23.7 Å². The van der Waals surface area contributed by atoms with Gasteiger partial charge in [-0.05, 0) is 55.5 Å². The van der Waals surface area contributed by atoms with Gasteiger partial charge in [0.05, 0.1) is 40.3 Å². The molecule has 2 aliphatic rings. The van der Waals surface area contributed by atoms with Crippen molar-refractivity contribution in [1.29, 1.82) is 0 Å². The molecule has 3 heterocycles. The van der Waals surface area contributed by atoms with E-state index in [9.17, 15) is 67.8 Å². The van der Waals surface area contributed by atoms with E-state index in [0.29, 0.717) is 12.3 Å². The predicted octanol–water partition coefficient (Wildman–Crippen LogP) is 6.83. The molecule has 7 rings (SSSR count). The maximum absolute atomic E-state index is 15.4. The average molecular weight is 997 g/mol. The first-order chi connectivity index (χ1) is 31.0. The number of carbonyl (C=O) groups is 4. The number of aromatic nitrogens is 5. The number of amides is 3. The Morgan fingerprint density at radius 2 is 1.60 bits per heavy atom. The van der Waals surface area contributed by atoms with Crippen LogP contribution in [-0.4, -0.2) is 85.5 Å². The number of nitrogens with zero attached hydrogens (tertiary/aromatic N) is 6. The van der Waals surface area contributed by atoms with E-state index in [1.165, 1.54) is 19.1 Å². The Bertz CT molecular complexity index is 2980. The molecule has 0 spiro atoms. The minimum atomic E-state index is -5.20. The summed E-state index contributed by atoms with van der Waals surface area (Å²) in [6.07, 6.45) is -12.2. The molecule has 358 valence electrons. The van der Waals surface area contributed by atoms with E-state index < -0.39 is 152 Å². The van der Waals surface area contributed by atoms with E-state index in [4.69, 9.17) is 16.7 Å². The summed E-state index contributed by atoms with van der Waals surface area (Å²) in [5, 5.41) is 28.6. The zero-order valence-corrected chi connectivity index (χ0v) is 35.6. The fourth-order valence-electron chi connectivity index (χ4n) is 8.11. The lowest BCUT2D eigenvalue weighted by atomic mass is 9.93. The molecule has 5 aromatic rings. The standard InChI is InChI=1S/C39H31ClF10N8O8S/c1-15-3-4-19(20-5-6-23(40)29-31(20)57(14-37(43,44)45)55-34(29)58(67(2,65)66)36(64)53-25(35(62)63)12-27(60)61)30(51-15)24(9-16-7-17(41)10-18(42)8-16)52-26(59)13-56-33-28(32(54-56)39(48,49)50)21-11-22(21)38(33,46)47/h3-8,10,21-22,24-25H,9,11-14H2,1-2H3,(H,52,59)(H,53,64)(H,60,61)(H,62,63)/t21-,22+,24-,25-/m0/s1. The normalized spacial score (nSPS) is 17.4. The third-order valence-corrected chi connectivity index (χ3v) is 12.0. The highest BCUT2D eigenvalue weighted by Gasteiger charge is 2.68. The van der Waals surface area contributed by atoms with Crippen LogP contribution in [0.5, 0.6) is 0 Å². The van der Waals surface area contributed by atoms with E-state index in [-0.39, 0.29) is 48.2 Å². The van der Waals surface area contributed by atoms with E-state index in [2.05, 4.69) is 20.5 Å². The van der Waals surface area contributed by atoms with Crippen molar-refractivity contribution >= 4 is 62.2 Å². The number of pyridine rings is 1. The van der Waals surface area contributed by atoms with E-state index in [1.54, 1.807) is 5.32 Å². The molecule has 2 aliphatic carbocycles. The third kappa shape index (κ3) is 9.68. The number of anilines is 1. The average Bonchev–Trinajstić information content (AvgIpc) is 3.69. The number of carbonyl (C=O) groups excluding carboxylic acids is 2. The van der Waals surface area contributed by atoms with Crippen molar-refractivity contribution in [3.05, 3.63) is 93.0 Å². The molecular formula is C39H31ClF10N8O8S. The van der Waals surface area contributed by atoms with Crippen LogP contribution in [0.15, 0.2) is 42.5 Å². The number of carboxylic acids is 2. The Morgan fingerprint density at radius 3 is 2.18 bits per heavy atom. The summed E-state index contributed by atoms with van der Waals surface area (Å²) in [4.78, 5) is 55.0. The first-order valence-electron chi connectivity index (χ1n) is 19.3. The number of halogens is 11. The van der Waals surface area contributed by atoms with E-state index in [0.717, 1.165) is 24.3 Å². The molecule has 0 bridgehead atoms. The van der Waals surface area contributed by atoms with E-state index >= 15 is 8.78 Å². The monoisotopic (exact) mass is 996 g/mol. The van der Waals surface area contributed by atoms with Gasteiger partial charge in [0, 0.05) is 34.4 Å². The summed E-state index contributed by atoms with van der Waals surface area (Å²) in [6.45, 7) is -1.91. The molecule has 1 saturated carbocycles. The van der Waals surface area contributed by atoms with Crippen LogP contribution in [0.3, 0.4) is 0 Å². The number of sulfonamides is 1. The van der Waals surface area contributed by atoms with Gasteiger partial charge in [0.1, 0.15) is 36.5 Å². The summed E-state index contributed by atoms with van der Waals surface area (Å²) in [6, 6.07) is 0.899. The quantitative estimate of drug-likeness (QED) is 0.0846. The van der Waals surface area contributed by atoms with Crippen molar-refractivity contribution in [2.75, 3.05) is 10.6 Å². The summed E-state index contributed by atoms with van der Waals surface area (Å²) in [5.74, 6) is -14.9. The zero-order chi connectivity index (χ0) is 49.5. The molecule has 3 aromatic heterocycles. The highest BCUT2D eigenvalue weighted by atomic mass is 35.5. The fraction of sp³-hybridized carbons (Fsp3) is 0.359. The molecule has 0 aliphatic heterocycles. The lowest BCUT2D eigenvalue weighted by Gasteiger charge is -2.23. The summed E-state index contributed by atoms with van der Waals surface area (Å²) >= 11 is 6.51. The first-order valence-corrected chi connectivity index (χ1v) is 21.5. The van der Waals surface area contributed by atoms with Crippen LogP contribution in [-0.2, 0) is 56.0 Å². The van der Waals surface area contributed by atoms with Crippen LogP contribution >= 0.6 is 11.6 Å². The molecule has 0 unspecified atom stereocenters. The number of hydrogen-bond donors (Lipinski definition) is 4. The second-order valence-corrected chi connectivity index (χ2v) is 17.9. The predicted molar refractivity (Wildman–Crippen MR) is 211 cm³/mol. The minimum absolute atomic E-state index is 0.117. The van der Waals surface area contributed by atoms with Gasteiger partial charge >= 0.3 is 30.3 Å². The number of aryl methyl sites for hydroxylation is 1. The number of alkyl halides is 8. The van der Waals surface area contributed by atoms with Gasteiger partial charge in [-0.3, -0.25) is 23.9 Å². The second-order valence-electron chi connectivity index (χ2n) is 15.7. The summed E-state index contributed by atoms with van der Waals surface area (Å²) < 4.78 is 172. The topological polar surface area (TPSA) is 219 Å². The largest absolute Gasteiger partial charge is 0.481 e. The fourth-order valence-corrected chi connectivity index (χ4v) is 9.14. The van der Waals surface area contributed by atoms with Gasteiger partial charge in [0.2, 0.25) is 15.9 Å². The van der Waals surface area contributed by atoms with Gasteiger partial charge in [-0.2, -0.15) is 49.6 Å². The van der Waals surface area contributed by atoms with Gasteiger partial charge < -0.3 is 20.8 Å². The van der Waals surface area contributed by atoms with Gasteiger partial charge in [-0.25, -0.2) is 26.8 Å². The van der Waals surface area contributed by atoms with Crippen molar-refractivity contribution in [1.82, 2.24) is 35.2 Å². The smallest absolute Gasteiger partial charge is 0.435 e. The molecule has 4 N–H and O–H groups in total. The van der Waals surface area contributed by atoms with Crippen LogP contribution in [0.1, 0.15) is 58.7 Å². The Labute approximate surface area is 374 Å². The van der Waals surface area contributed by atoms with Crippen LogP contribution in [0.4, 0.5) is 54.5 Å². The minimum Gasteiger partial charge on any atom is -0.481 e. The molecule has 0 radical (unpaired) electrons. The van der Waals surface area contributed by atoms with Crippen LogP contribution < -0.4 is 14.9 Å². The Kier molecular flexibility index (Phi) is 12.3. The Hall–Kier alpha value is -6.51. The van der Waals surface area contributed by atoms with Crippen molar-refractivity contribution in [3.63, 3.8) is 0 Å². The first kappa shape index (κ1) is 48.4. The SMILES string of the molecule is Cc1ccc(-c2ccc(Cl)c3c(N(C(=O)N[C@@H](CC(=O)O)C(=O)O)S(C)(=O)=O)nn(CC(F)(F)F)c23)c([C@H](Cc2cc(F)cc(F)c2)NC(=O)Cn2nc(C(F)(F)F)c3c2C(F)(F)[C@@H]2C[C@H]32)n1. The molecule has 67 heavy (non-hydrogen) atoms. The lowest BCUT2D eigenvalue weighted by molar-refractivity contribution is -0.145. The molecule has 28 heteroatoms. The summed E-state index contributed by atoms with van der Waals surface area (Å²) in [5.41, 5.74) is -5.25. The molecule has 2 aromatic carbocycles. The van der Waals surface area contributed by atoms with Crippen molar-refractivity contribution < 1.29 is 81.7 Å². The molecule has 0 saturated heterocycles. The summed E-state index contributed by atoms with van der Waals surface area (Å²) in [7, 11) is -5.03. The number of rotatable bonds is 14. The second kappa shape index (κ2) is 17.0. The highest BCUT2D eigenvalue weighted by Crippen LogP contribution is 2.68. The van der Waals surface area contributed by atoms with E-state index in [1.807, 2.05) is 0 Å². The molecule has 4 atom stereocenters. The highest BCUT2D eigenvalue weighted by molar-refractivity contribution is 7.92. The maximum Gasteiger partial charge on any atom is 0.435 e. The zero-order valence-electron chi connectivity index (χ0n) is 34.0. The molecule has 3 amide bonds. The number of hydrogen-bond acceptors (Lipinski definition) is 9. The van der Waals surface area contributed by atoms with Crippen molar-refractivity contribution in [2.24, 2.45) is 5.92 Å². The maximum atomic E-state index is 15.4. The van der Waals surface area contributed by atoms with Crippen molar-refractivity contribution in [2.45, 2.75) is 75.6 Å².